The van der Waals surface area contributed by atoms with Gasteiger partial charge in [0.1, 0.15) is 0 Å². The Morgan fingerprint density at radius 1 is 0.375 bits per heavy atom. The molecule has 0 atom stereocenters. The van der Waals surface area contributed by atoms with E-state index in [2.05, 4.69) is 0 Å². The second-order valence-corrected chi connectivity index (χ2v) is 0. The van der Waals surface area contributed by atoms with Crippen LogP contribution in [0.2, 0.25) is 0 Å². The zero-order chi connectivity index (χ0) is 0. The van der Waals surface area contributed by atoms with Gasteiger partial charge in [-0.3, -0.25) is 0 Å². The highest BCUT2D eigenvalue weighted by molar-refractivity contribution is 5.76. The molecule has 0 aliphatic rings. The molecule has 0 heterocycles. The fourth-order valence-corrected chi connectivity index (χ4v) is 0. The van der Waals surface area contributed by atoms with Crippen LogP contribution in [0.25, 0.3) is 0 Å². The monoisotopic (exact) mass is 172 g/mol. The summed E-state index contributed by atoms with van der Waals surface area (Å²) in [5.74, 6) is 0. The van der Waals surface area contributed by atoms with Crippen molar-refractivity contribution < 1.29 is 27.4 Å². The van der Waals surface area contributed by atoms with Gasteiger partial charge in [-0.05, 0) is 0 Å². The molecular formula is H10Al2O5Si. The first-order chi connectivity index (χ1) is 0. The molecule has 0 saturated carbocycles. The van der Waals surface area contributed by atoms with Crippen molar-refractivity contribution in [2.45, 2.75) is 0 Å². The molecule has 0 unspecified atom stereocenters. The standard InChI is InChI=1S/2Al.5H2O.Si/h;;5*1H2;. The second-order valence-electron chi connectivity index (χ2n) is 0. The van der Waals surface area contributed by atoms with Gasteiger partial charge in [-0.15, -0.1) is 0 Å². The quantitative estimate of drug-likeness (QED) is 0.320. The third-order valence-electron chi connectivity index (χ3n) is 0. The number of hydrogen-bond donors (Lipinski definition) is 0. The van der Waals surface area contributed by atoms with E-state index < -0.39 is 0 Å². The maximum absolute atomic E-state index is 0. The predicted molar refractivity (Wildman–Crippen MR) is 35.3 cm³/mol. The average Bonchev–Trinajstić information content (AvgIpc) is 0. The van der Waals surface area contributed by atoms with E-state index in [0.29, 0.717) is 0 Å². The molecule has 10 N–H and O–H groups in total. The van der Waals surface area contributed by atoms with Crippen molar-refractivity contribution in [3.8, 4) is 0 Å². The van der Waals surface area contributed by atoms with Gasteiger partial charge in [0, 0.05) is 45.7 Å². The van der Waals surface area contributed by atoms with Crippen LogP contribution in [-0.2, 0) is 0 Å². The van der Waals surface area contributed by atoms with E-state index in [0.717, 1.165) is 0 Å². The minimum atomic E-state index is 0. The summed E-state index contributed by atoms with van der Waals surface area (Å²) in [6, 6.07) is 0. The Morgan fingerprint density at radius 3 is 0.375 bits per heavy atom. The minimum Gasteiger partial charge on any atom is -0.412 e. The summed E-state index contributed by atoms with van der Waals surface area (Å²) in [6.45, 7) is 0. The van der Waals surface area contributed by atoms with Gasteiger partial charge in [-0.25, -0.2) is 0 Å². The summed E-state index contributed by atoms with van der Waals surface area (Å²) in [5, 5.41) is 0. The van der Waals surface area contributed by atoms with Crippen molar-refractivity contribution in [1.82, 2.24) is 0 Å². The van der Waals surface area contributed by atoms with Gasteiger partial charge in [0.05, 0.1) is 0 Å². The highest BCUT2D eigenvalue weighted by Gasteiger charge is 0.00204. The van der Waals surface area contributed by atoms with Gasteiger partial charge in [-0.2, -0.15) is 0 Å². The lowest BCUT2D eigenvalue weighted by Crippen LogP contribution is -0.382. The molecule has 0 aliphatic heterocycles. The fourth-order valence-electron chi connectivity index (χ4n) is 0. The van der Waals surface area contributed by atoms with Crippen LogP contribution in [0.15, 0.2) is 0 Å². The lowest BCUT2D eigenvalue weighted by Gasteiger charge is -0.413. The van der Waals surface area contributed by atoms with E-state index in [4.69, 9.17) is 0 Å². The van der Waals surface area contributed by atoms with Gasteiger partial charge < -0.3 is 27.4 Å². The van der Waals surface area contributed by atoms with Crippen LogP contribution in [-0.4, -0.2) is 73.1 Å². The molecular weight excluding hydrogens is 162 g/mol. The van der Waals surface area contributed by atoms with Gasteiger partial charge in [0.15, 0.2) is 0 Å². The number of rotatable bonds is 0. The first-order valence-electron chi connectivity index (χ1n) is 0. The summed E-state index contributed by atoms with van der Waals surface area (Å²) in [7, 11) is 0. The lowest BCUT2D eigenvalue weighted by molar-refractivity contribution is 0.823. The van der Waals surface area contributed by atoms with Crippen molar-refractivity contribution in [3.63, 3.8) is 0 Å². The third-order valence-corrected chi connectivity index (χ3v) is 0. The van der Waals surface area contributed by atoms with E-state index >= 15 is 0 Å². The van der Waals surface area contributed by atoms with Gasteiger partial charge in [0.2, 0.25) is 0 Å². The second kappa shape index (κ2) is 346. The molecule has 0 aliphatic carbocycles. The highest BCUT2D eigenvalue weighted by Crippen LogP contribution is -0.285. The normalized spacial score (nSPS) is 0. The van der Waals surface area contributed by atoms with Crippen LogP contribution in [0.5, 0.6) is 0 Å². The molecule has 8 heavy (non-hydrogen) atoms. The Labute approximate surface area is 73.3 Å². The van der Waals surface area contributed by atoms with E-state index in [-0.39, 0.29) is 73.1 Å². The van der Waals surface area contributed by atoms with E-state index in [1.807, 2.05) is 0 Å². The van der Waals surface area contributed by atoms with E-state index in [9.17, 15) is 0 Å². The maximum Gasteiger partial charge on any atom is 0 e. The largest absolute Gasteiger partial charge is 0.412 e. The Balaban J connectivity index is 0. The van der Waals surface area contributed by atoms with Gasteiger partial charge in [-0.1, -0.05) is 0 Å². The minimum absolute atomic E-state index is 0. The molecule has 8 heteroatoms. The number of hydrogen-bond acceptors (Lipinski definition) is 0. The van der Waals surface area contributed by atoms with Gasteiger partial charge >= 0.3 is 0 Å². The molecule has 0 aromatic rings. The first-order valence-corrected chi connectivity index (χ1v) is 0. The Bertz CT molecular complexity index is 10.4. The van der Waals surface area contributed by atoms with Crippen molar-refractivity contribution in [3.05, 3.63) is 0 Å². The summed E-state index contributed by atoms with van der Waals surface area (Å²) < 4.78 is 0. The topological polar surface area (TPSA) is 158 Å². The van der Waals surface area contributed by atoms with Crippen LogP contribution in [0.1, 0.15) is 0 Å². The Kier molecular flexibility index (Phi) is 21900. The SMILES string of the molecule is O.O.O.O.O.[Al].[Al].[Si]. The van der Waals surface area contributed by atoms with Crippen molar-refractivity contribution in [2.24, 2.45) is 0 Å². The van der Waals surface area contributed by atoms with Gasteiger partial charge in [0.25, 0.3) is 0 Å². The summed E-state index contributed by atoms with van der Waals surface area (Å²) in [6.07, 6.45) is 0. The summed E-state index contributed by atoms with van der Waals surface area (Å²) >= 11 is 0. The Morgan fingerprint density at radius 2 is 0.375 bits per heavy atom. The maximum atomic E-state index is 0. The molecule has 0 fully saturated rings. The predicted octanol–water partition coefficient (Wildman–Crippen LogP) is -5.27. The molecule has 0 bridgehead atoms. The van der Waals surface area contributed by atoms with Crippen molar-refractivity contribution in [1.29, 1.82) is 0 Å². The van der Waals surface area contributed by atoms with Crippen LogP contribution in [0.4, 0.5) is 0 Å². The molecule has 0 saturated heterocycles. The van der Waals surface area contributed by atoms with Crippen molar-refractivity contribution >= 4 is 45.7 Å². The molecule has 0 aromatic carbocycles. The zero-order valence-electron chi connectivity index (χ0n) is 4.15. The Hall–Kier alpha value is 1.08. The molecule has 0 aromatic heterocycles. The average molecular weight is 172 g/mol. The molecule has 0 amide bonds. The zero-order valence-corrected chi connectivity index (χ0v) is 7.46. The summed E-state index contributed by atoms with van der Waals surface area (Å²) in [4.78, 5) is 0. The molecule has 10 radical (unpaired) electrons. The first kappa shape index (κ1) is 507. The van der Waals surface area contributed by atoms with E-state index in [1.54, 1.807) is 0 Å². The molecule has 0 spiro atoms. The van der Waals surface area contributed by atoms with Crippen LogP contribution >= 0.6 is 0 Å². The van der Waals surface area contributed by atoms with Crippen molar-refractivity contribution in [2.75, 3.05) is 0 Å². The lowest BCUT2D eigenvalue weighted by atomic mass is 16.0. The van der Waals surface area contributed by atoms with Crippen LogP contribution < -0.4 is 0 Å². The summed E-state index contributed by atoms with van der Waals surface area (Å²) in [5.41, 5.74) is 0. The molecule has 0 rings (SSSR count). The highest BCUT2D eigenvalue weighted by atomic mass is 28.1. The molecule has 50 valence electrons. The van der Waals surface area contributed by atoms with Crippen LogP contribution in [0.3, 0.4) is 0 Å². The van der Waals surface area contributed by atoms with Crippen LogP contribution in [0, 0.1) is 0 Å². The van der Waals surface area contributed by atoms with E-state index in [1.165, 1.54) is 0 Å². The smallest absolute Gasteiger partial charge is 0 e. The fraction of sp³-hybridized carbons (Fsp3) is 0. The molecule has 5 nitrogen and oxygen atoms in total. The third kappa shape index (κ3) is 224.